The molecule has 0 heterocycles. The van der Waals surface area contributed by atoms with Crippen LogP contribution in [0.15, 0.2) is 43.5 Å². The minimum Gasteiger partial charge on any atom is -0.466 e. The predicted octanol–water partition coefficient (Wildman–Crippen LogP) is 4.93. The van der Waals surface area contributed by atoms with Crippen LogP contribution in [0.1, 0.15) is 52.2 Å². The van der Waals surface area contributed by atoms with Gasteiger partial charge in [0.1, 0.15) is 5.60 Å². The number of amides is 1. The molecule has 31 heavy (non-hydrogen) atoms. The number of alkyl carbamates (subject to hydrolysis) is 1. The van der Waals surface area contributed by atoms with Gasteiger partial charge >= 0.3 is 12.1 Å². The van der Waals surface area contributed by atoms with E-state index in [0.717, 1.165) is 16.7 Å². The van der Waals surface area contributed by atoms with Crippen molar-refractivity contribution in [3.8, 4) is 0 Å². The lowest BCUT2D eigenvalue weighted by molar-refractivity contribution is -0.150. The zero-order chi connectivity index (χ0) is 23.4. The molecular weight excluding hydrogens is 394 g/mol. The van der Waals surface area contributed by atoms with Gasteiger partial charge in [-0.1, -0.05) is 43.5 Å². The molecule has 0 saturated carbocycles. The van der Waals surface area contributed by atoms with Gasteiger partial charge in [0, 0.05) is 12.6 Å². The molecule has 1 N–H and O–H groups in total. The van der Waals surface area contributed by atoms with Gasteiger partial charge < -0.3 is 19.5 Å². The maximum Gasteiger partial charge on any atom is 0.407 e. The first-order valence-corrected chi connectivity index (χ1v) is 10.7. The fourth-order valence-electron chi connectivity index (χ4n) is 3.02. The first-order chi connectivity index (χ1) is 14.6. The second kappa shape index (κ2) is 13.0. The Labute approximate surface area is 186 Å². The topological polar surface area (TPSA) is 73.9 Å². The molecule has 6 heteroatoms. The Morgan fingerprint density at radius 2 is 1.77 bits per heavy atom. The van der Waals surface area contributed by atoms with Crippen LogP contribution < -0.4 is 5.32 Å². The van der Waals surface area contributed by atoms with Crippen LogP contribution in [-0.4, -0.2) is 43.5 Å². The molecule has 0 fully saturated rings. The van der Waals surface area contributed by atoms with Crippen molar-refractivity contribution in [2.24, 2.45) is 5.92 Å². The minimum atomic E-state index is -0.618. The third kappa shape index (κ3) is 10.3. The van der Waals surface area contributed by atoms with Crippen molar-refractivity contribution in [2.75, 3.05) is 19.8 Å². The maximum atomic E-state index is 12.4. The Balaban J connectivity index is 3.02. The molecule has 6 nitrogen and oxygen atoms in total. The van der Waals surface area contributed by atoms with E-state index in [2.05, 4.69) is 18.5 Å². The van der Waals surface area contributed by atoms with Crippen molar-refractivity contribution in [1.29, 1.82) is 0 Å². The molecule has 0 aliphatic carbocycles. The molecule has 1 amide bonds. The average Bonchev–Trinajstić information content (AvgIpc) is 2.69. The van der Waals surface area contributed by atoms with Crippen LogP contribution in [0.25, 0.3) is 5.57 Å². The molecule has 1 rings (SSSR count). The summed E-state index contributed by atoms with van der Waals surface area (Å²) in [5, 5.41) is 2.92. The van der Waals surface area contributed by atoms with Crippen molar-refractivity contribution >= 4 is 17.6 Å². The van der Waals surface area contributed by atoms with Gasteiger partial charge in [0.25, 0.3) is 0 Å². The second-order valence-corrected chi connectivity index (χ2v) is 8.32. The molecule has 172 valence electrons. The lowest BCUT2D eigenvalue weighted by atomic mass is 9.94. The molecule has 2 atom stereocenters. The van der Waals surface area contributed by atoms with E-state index in [4.69, 9.17) is 14.2 Å². The molecule has 0 radical (unpaired) electrons. The fraction of sp³-hybridized carbons (Fsp3) is 0.520. The van der Waals surface area contributed by atoms with Gasteiger partial charge in [-0.3, -0.25) is 4.79 Å². The van der Waals surface area contributed by atoms with E-state index in [-0.39, 0.29) is 18.6 Å². The van der Waals surface area contributed by atoms with E-state index in [9.17, 15) is 9.59 Å². The lowest BCUT2D eigenvalue weighted by Gasteiger charge is -2.26. The number of esters is 1. The Morgan fingerprint density at radius 3 is 2.29 bits per heavy atom. The Bertz CT molecular complexity index is 733. The SMILES string of the molecule is C=CC(=C)c1ccc(CC(CC(COCC)C(=O)OCC)NC(=O)OC(C)(C)C)cc1. The number of benzene rings is 1. The number of hydrogen-bond acceptors (Lipinski definition) is 5. The summed E-state index contributed by atoms with van der Waals surface area (Å²) >= 11 is 0. The molecule has 0 saturated heterocycles. The Morgan fingerprint density at radius 1 is 1.13 bits per heavy atom. The summed E-state index contributed by atoms with van der Waals surface area (Å²) in [6, 6.07) is 7.56. The molecule has 0 bridgehead atoms. The number of ether oxygens (including phenoxy) is 3. The standard InChI is InChI=1S/C25H37NO5/c1-8-18(4)20-13-11-19(12-14-20)15-22(26-24(28)31-25(5,6)7)16-21(17-29-9-2)23(27)30-10-3/h8,11-14,21-22H,1,4,9-10,15-17H2,2-3,5-7H3,(H,26,28). The van der Waals surface area contributed by atoms with Crippen LogP contribution in [0.2, 0.25) is 0 Å². The number of allylic oxidation sites excluding steroid dienone is 2. The van der Waals surface area contributed by atoms with Gasteiger partial charge in [-0.25, -0.2) is 4.79 Å². The van der Waals surface area contributed by atoms with Crippen molar-refractivity contribution in [3.05, 3.63) is 54.6 Å². The normalized spacial score (nSPS) is 13.1. The van der Waals surface area contributed by atoms with Gasteiger partial charge in [-0.15, -0.1) is 0 Å². The molecule has 0 spiro atoms. The maximum absolute atomic E-state index is 12.4. The number of carbonyl (C=O) groups excluding carboxylic acids is 2. The van der Waals surface area contributed by atoms with E-state index in [1.807, 2.05) is 52.0 Å². The summed E-state index contributed by atoms with van der Waals surface area (Å²) in [5.41, 5.74) is 2.22. The van der Waals surface area contributed by atoms with Crippen LogP contribution >= 0.6 is 0 Å². The summed E-state index contributed by atoms with van der Waals surface area (Å²) in [6.07, 6.45) is 2.09. The highest BCUT2D eigenvalue weighted by Crippen LogP contribution is 2.19. The fourth-order valence-corrected chi connectivity index (χ4v) is 3.02. The minimum absolute atomic E-state index is 0.236. The molecule has 1 aromatic carbocycles. The van der Waals surface area contributed by atoms with Crippen molar-refractivity contribution in [1.82, 2.24) is 5.32 Å². The van der Waals surface area contributed by atoms with Gasteiger partial charge in [0.15, 0.2) is 0 Å². The summed E-state index contributed by atoms with van der Waals surface area (Å²) in [4.78, 5) is 24.9. The van der Waals surface area contributed by atoms with Crippen LogP contribution in [0.3, 0.4) is 0 Å². The number of hydrogen-bond donors (Lipinski definition) is 1. The largest absolute Gasteiger partial charge is 0.466 e. The summed E-state index contributed by atoms with van der Waals surface area (Å²) < 4.78 is 16.1. The highest BCUT2D eigenvalue weighted by Gasteiger charge is 2.27. The zero-order valence-corrected chi connectivity index (χ0v) is 19.5. The van der Waals surface area contributed by atoms with Gasteiger partial charge in [0.2, 0.25) is 0 Å². The smallest absolute Gasteiger partial charge is 0.407 e. The first kappa shape index (κ1) is 26.4. The first-order valence-electron chi connectivity index (χ1n) is 10.7. The number of carbonyl (C=O) groups is 2. The van der Waals surface area contributed by atoms with Crippen LogP contribution in [-0.2, 0) is 25.4 Å². The van der Waals surface area contributed by atoms with E-state index in [0.29, 0.717) is 26.1 Å². The highest BCUT2D eigenvalue weighted by molar-refractivity contribution is 5.73. The summed E-state index contributed by atoms with van der Waals surface area (Å²) in [7, 11) is 0. The molecule has 1 aromatic rings. The van der Waals surface area contributed by atoms with Crippen molar-refractivity contribution in [2.45, 2.75) is 59.1 Å². The lowest BCUT2D eigenvalue weighted by Crippen LogP contribution is -2.42. The molecule has 0 aromatic heterocycles. The van der Waals surface area contributed by atoms with Gasteiger partial charge in [-0.05, 0) is 64.2 Å². The highest BCUT2D eigenvalue weighted by atomic mass is 16.6. The predicted molar refractivity (Wildman–Crippen MR) is 124 cm³/mol. The average molecular weight is 432 g/mol. The second-order valence-electron chi connectivity index (χ2n) is 8.32. The molecule has 2 unspecified atom stereocenters. The third-order valence-corrected chi connectivity index (χ3v) is 4.49. The summed E-state index contributed by atoms with van der Waals surface area (Å²) in [5.74, 6) is -0.816. The van der Waals surface area contributed by atoms with Crippen LogP contribution in [0.5, 0.6) is 0 Å². The molecule has 0 aliphatic heterocycles. The van der Waals surface area contributed by atoms with E-state index in [1.165, 1.54) is 0 Å². The molecule has 0 aliphatic rings. The Kier molecular flexibility index (Phi) is 11.0. The molecular formula is C25H37NO5. The quantitative estimate of drug-likeness (QED) is 0.375. The third-order valence-electron chi connectivity index (χ3n) is 4.49. The van der Waals surface area contributed by atoms with E-state index < -0.39 is 17.6 Å². The van der Waals surface area contributed by atoms with E-state index in [1.54, 1.807) is 13.0 Å². The monoisotopic (exact) mass is 431 g/mol. The van der Waals surface area contributed by atoms with Gasteiger partial charge in [0.05, 0.1) is 19.1 Å². The summed E-state index contributed by atoms with van der Waals surface area (Å²) in [6.45, 7) is 17.8. The zero-order valence-electron chi connectivity index (χ0n) is 19.5. The van der Waals surface area contributed by atoms with Crippen LogP contribution in [0, 0.1) is 5.92 Å². The van der Waals surface area contributed by atoms with Crippen molar-refractivity contribution < 1.29 is 23.8 Å². The van der Waals surface area contributed by atoms with Crippen molar-refractivity contribution in [3.63, 3.8) is 0 Å². The van der Waals surface area contributed by atoms with Crippen LogP contribution in [0.4, 0.5) is 4.79 Å². The Hall–Kier alpha value is -2.60. The van der Waals surface area contributed by atoms with Gasteiger partial charge in [-0.2, -0.15) is 0 Å². The number of rotatable bonds is 12. The van der Waals surface area contributed by atoms with E-state index >= 15 is 0 Å². The number of nitrogens with one attached hydrogen (secondary N) is 1.